The van der Waals surface area contributed by atoms with Crippen molar-refractivity contribution in [3.8, 4) is 0 Å². The fourth-order valence-electron chi connectivity index (χ4n) is 4.16. The SMILES string of the molecule is C=CCn1c(=S)[nH]c2cc(C(=O)Nc3ccc4c(ccn4CCN(CC)CC)c3)ccc2c1=O. The van der Waals surface area contributed by atoms with E-state index in [-0.39, 0.29) is 11.5 Å². The van der Waals surface area contributed by atoms with Crippen molar-refractivity contribution in [2.45, 2.75) is 26.9 Å². The van der Waals surface area contributed by atoms with Gasteiger partial charge in [0.1, 0.15) is 0 Å². The Morgan fingerprint density at radius 3 is 2.71 bits per heavy atom. The molecule has 0 unspecified atom stereocenters. The number of aromatic nitrogens is 3. The van der Waals surface area contributed by atoms with E-state index in [4.69, 9.17) is 12.2 Å². The van der Waals surface area contributed by atoms with Gasteiger partial charge in [0.05, 0.1) is 10.9 Å². The summed E-state index contributed by atoms with van der Waals surface area (Å²) >= 11 is 5.29. The Balaban J connectivity index is 1.54. The minimum atomic E-state index is -0.253. The van der Waals surface area contributed by atoms with Gasteiger partial charge >= 0.3 is 0 Å². The molecule has 8 heteroatoms. The van der Waals surface area contributed by atoms with Crippen LogP contribution in [-0.2, 0) is 13.1 Å². The van der Waals surface area contributed by atoms with E-state index in [1.165, 1.54) is 4.57 Å². The van der Waals surface area contributed by atoms with Gasteiger partial charge in [0.2, 0.25) is 0 Å². The number of benzene rings is 2. The molecule has 4 rings (SSSR count). The van der Waals surface area contributed by atoms with Crippen molar-refractivity contribution in [2.24, 2.45) is 0 Å². The third kappa shape index (κ3) is 4.73. The fraction of sp³-hybridized carbons (Fsp3) is 0.269. The van der Waals surface area contributed by atoms with Crippen LogP contribution in [0.15, 0.2) is 66.1 Å². The molecule has 7 nitrogen and oxygen atoms in total. The van der Waals surface area contributed by atoms with Crippen molar-refractivity contribution in [3.63, 3.8) is 0 Å². The van der Waals surface area contributed by atoms with Gasteiger partial charge in [-0.3, -0.25) is 14.2 Å². The predicted molar refractivity (Wildman–Crippen MR) is 141 cm³/mol. The van der Waals surface area contributed by atoms with Crippen molar-refractivity contribution in [1.82, 2.24) is 19.0 Å². The van der Waals surface area contributed by atoms with Crippen LogP contribution in [-0.4, -0.2) is 44.6 Å². The molecule has 0 saturated carbocycles. The number of H-pyrrole nitrogens is 1. The van der Waals surface area contributed by atoms with Gasteiger partial charge in [-0.25, -0.2) is 0 Å². The minimum Gasteiger partial charge on any atom is -0.346 e. The van der Waals surface area contributed by atoms with Gasteiger partial charge in [-0.1, -0.05) is 19.9 Å². The Kier molecular flexibility index (Phi) is 7.09. The number of amides is 1. The molecule has 0 saturated heterocycles. The summed E-state index contributed by atoms with van der Waals surface area (Å²) in [7, 11) is 0. The van der Waals surface area contributed by atoms with Gasteiger partial charge in [-0.2, -0.15) is 0 Å². The number of nitrogens with zero attached hydrogens (tertiary/aromatic N) is 3. The molecule has 0 fully saturated rings. The number of likely N-dealkylation sites (N-methyl/N-ethyl adjacent to an activating group) is 1. The van der Waals surface area contributed by atoms with Crippen molar-refractivity contribution in [1.29, 1.82) is 0 Å². The van der Waals surface area contributed by atoms with E-state index in [0.717, 1.165) is 37.1 Å². The van der Waals surface area contributed by atoms with Crippen LogP contribution in [0.5, 0.6) is 0 Å². The highest BCUT2D eigenvalue weighted by atomic mass is 32.1. The number of carbonyl (C=O) groups is 1. The maximum Gasteiger partial charge on any atom is 0.262 e. The lowest BCUT2D eigenvalue weighted by Gasteiger charge is -2.18. The molecule has 2 N–H and O–H groups in total. The molecule has 1 amide bonds. The predicted octanol–water partition coefficient (Wildman–Crippen LogP) is 4.79. The lowest BCUT2D eigenvalue weighted by Crippen LogP contribution is -2.26. The van der Waals surface area contributed by atoms with Gasteiger partial charge < -0.3 is 19.8 Å². The molecule has 0 aliphatic heterocycles. The van der Waals surface area contributed by atoms with E-state index in [9.17, 15) is 9.59 Å². The molecule has 2 heterocycles. The highest BCUT2D eigenvalue weighted by molar-refractivity contribution is 7.71. The topological polar surface area (TPSA) is 75.1 Å². The Labute approximate surface area is 203 Å². The second-order valence-corrected chi connectivity index (χ2v) is 8.55. The molecule has 0 aliphatic carbocycles. The number of hydrogen-bond donors (Lipinski definition) is 2. The van der Waals surface area contributed by atoms with E-state index < -0.39 is 0 Å². The van der Waals surface area contributed by atoms with Crippen LogP contribution in [0.25, 0.3) is 21.8 Å². The Morgan fingerprint density at radius 1 is 1.18 bits per heavy atom. The maximum atomic E-state index is 12.9. The number of anilines is 1. The number of aromatic amines is 1. The average Bonchev–Trinajstić information content (AvgIpc) is 3.24. The Hall–Kier alpha value is -3.49. The van der Waals surface area contributed by atoms with E-state index in [1.807, 2.05) is 18.2 Å². The van der Waals surface area contributed by atoms with Gasteiger partial charge in [-0.05, 0) is 67.8 Å². The number of nitrogens with one attached hydrogen (secondary N) is 2. The van der Waals surface area contributed by atoms with Gasteiger partial charge in [-0.15, -0.1) is 6.58 Å². The third-order valence-electron chi connectivity index (χ3n) is 6.14. The highest BCUT2D eigenvalue weighted by Crippen LogP contribution is 2.22. The van der Waals surface area contributed by atoms with E-state index >= 15 is 0 Å². The van der Waals surface area contributed by atoms with Crippen molar-refractivity contribution < 1.29 is 4.79 Å². The summed E-state index contributed by atoms with van der Waals surface area (Å²) in [5.41, 5.74) is 2.62. The molecule has 0 bridgehead atoms. The summed E-state index contributed by atoms with van der Waals surface area (Å²) in [6.07, 6.45) is 3.71. The summed E-state index contributed by atoms with van der Waals surface area (Å²) < 4.78 is 3.98. The van der Waals surface area contributed by atoms with Crippen molar-refractivity contribution in [3.05, 3.63) is 82.0 Å². The van der Waals surface area contributed by atoms with E-state index in [2.05, 4.69) is 52.5 Å². The quantitative estimate of drug-likeness (QED) is 0.270. The molecule has 0 atom stereocenters. The average molecular weight is 476 g/mol. The number of hydrogen-bond acceptors (Lipinski definition) is 4. The first kappa shape index (κ1) is 23.7. The summed E-state index contributed by atoms with van der Waals surface area (Å²) in [6, 6.07) is 12.9. The molecular weight excluding hydrogens is 446 g/mol. The summed E-state index contributed by atoms with van der Waals surface area (Å²) in [5, 5.41) is 4.50. The lowest BCUT2D eigenvalue weighted by molar-refractivity contribution is 0.102. The zero-order valence-corrected chi connectivity index (χ0v) is 20.3. The van der Waals surface area contributed by atoms with Crippen LogP contribution in [0.3, 0.4) is 0 Å². The minimum absolute atomic E-state index is 0.207. The second kappa shape index (κ2) is 10.2. The highest BCUT2D eigenvalue weighted by Gasteiger charge is 2.12. The molecule has 4 aromatic rings. The zero-order chi connectivity index (χ0) is 24.2. The first-order chi connectivity index (χ1) is 16.4. The largest absolute Gasteiger partial charge is 0.346 e. The molecule has 0 aliphatic rings. The molecule has 34 heavy (non-hydrogen) atoms. The van der Waals surface area contributed by atoms with Gasteiger partial charge in [0, 0.05) is 48.0 Å². The van der Waals surface area contributed by atoms with Crippen LogP contribution in [0.2, 0.25) is 0 Å². The smallest absolute Gasteiger partial charge is 0.262 e. The molecule has 176 valence electrons. The van der Waals surface area contributed by atoms with Gasteiger partial charge in [0.15, 0.2) is 4.77 Å². The lowest BCUT2D eigenvalue weighted by atomic mass is 10.1. The van der Waals surface area contributed by atoms with Crippen LogP contribution >= 0.6 is 12.2 Å². The van der Waals surface area contributed by atoms with Crippen molar-refractivity contribution in [2.75, 3.05) is 25.0 Å². The zero-order valence-electron chi connectivity index (χ0n) is 19.5. The standard InChI is InChI=1S/C26H29N5O2S/c1-4-12-31-25(33)21-9-7-19(17-22(21)28-26(31)34)24(32)27-20-8-10-23-18(16-20)11-13-30(23)15-14-29(5-2)6-3/h4,7-11,13,16-17H,1,5-6,12,14-15H2,2-3H3,(H,27,32)(H,28,34). The molecule has 0 spiro atoms. The molecular formula is C26H29N5O2S. The number of rotatable bonds is 9. The second-order valence-electron chi connectivity index (χ2n) is 8.16. The maximum absolute atomic E-state index is 12.9. The molecule has 0 radical (unpaired) electrons. The van der Waals surface area contributed by atoms with Gasteiger partial charge in [0.25, 0.3) is 11.5 Å². The molecule has 2 aromatic heterocycles. The fourth-order valence-corrected chi connectivity index (χ4v) is 4.42. The van der Waals surface area contributed by atoms with Crippen molar-refractivity contribution >= 4 is 45.6 Å². The molecule has 2 aromatic carbocycles. The van der Waals surface area contributed by atoms with E-state index in [0.29, 0.717) is 33.5 Å². The summed E-state index contributed by atoms with van der Waals surface area (Å²) in [6.45, 7) is 12.3. The summed E-state index contributed by atoms with van der Waals surface area (Å²) in [4.78, 5) is 31.0. The summed E-state index contributed by atoms with van der Waals surface area (Å²) in [5.74, 6) is -0.253. The Bertz CT molecular complexity index is 1480. The van der Waals surface area contributed by atoms with Crippen LogP contribution in [0.1, 0.15) is 24.2 Å². The first-order valence-electron chi connectivity index (χ1n) is 11.5. The normalized spacial score (nSPS) is 11.4. The number of fused-ring (bicyclic) bond motifs is 2. The monoisotopic (exact) mass is 475 g/mol. The third-order valence-corrected chi connectivity index (χ3v) is 6.46. The van der Waals surface area contributed by atoms with Crippen LogP contribution in [0, 0.1) is 4.77 Å². The van der Waals surface area contributed by atoms with E-state index in [1.54, 1.807) is 24.3 Å². The van der Waals surface area contributed by atoms with Crippen LogP contribution in [0.4, 0.5) is 5.69 Å². The van der Waals surface area contributed by atoms with Crippen LogP contribution < -0.4 is 10.9 Å². The number of carbonyl (C=O) groups excluding carboxylic acids is 1. The number of allylic oxidation sites excluding steroid dienone is 1. The Morgan fingerprint density at radius 2 is 1.97 bits per heavy atom. The first-order valence-corrected chi connectivity index (χ1v) is 11.9.